The van der Waals surface area contributed by atoms with Crippen molar-refractivity contribution in [1.82, 2.24) is 15.1 Å². The highest BCUT2D eigenvalue weighted by molar-refractivity contribution is 6.32. The second-order valence-corrected chi connectivity index (χ2v) is 7.58. The molecule has 1 aromatic carbocycles. The molecule has 2 aromatic rings. The Bertz CT molecular complexity index is 715. The summed E-state index contributed by atoms with van der Waals surface area (Å²) in [6, 6.07) is 10.5. The first-order valence-electron chi connectivity index (χ1n) is 9.53. The maximum absolute atomic E-state index is 6.12. The molecule has 26 heavy (non-hydrogen) atoms. The van der Waals surface area contributed by atoms with Crippen LogP contribution in [0.15, 0.2) is 30.3 Å². The number of para-hydroxylation sites is 1. The highest BCUT2D eigenvalue weighted by atomic mass is 35.5. The molecule has 2 aliphatic heterocycles. The van der Waals surface area contributed by atoms with E-state index in [4.69, 9.17) is 21.1 Å². The van der Waals surface area contributed by atoms with Crippen LogP contribution in [0.1, 0.15) is 36.6 Å². The topological polar surface area (TPSA) is 50.4 Å². The largest absolute Gasteiger partial charge is 0.492 e. The highest BCUT2D eigenvalue weighted by Crippen LogP contribution is 2.30. The zero-order chi connectivity index (χ0) is 17.8. The summed E-state index contributed by atoms with van der Waals surface area (Å²) in [6.07, 6.45) is 4.32. The number of likely N-dealkylation sites (tertiary alicyclic amines) is 1. The normalized spacial score (nSPS) is 22.0. The minimum atomic E-state index is 0.535. The van der Waals surface area contributed by atoms with Crippen LogP contribution in [0.3, 0.4) is 0 Å². The van der Waals surface area contributed by atoms with Gasteiger partial charge in [0.25, 0.3) is 0 Å². The van der Waals surface area contributed by atoms with Crippen LogP contribution in [0, 0.1) is 0 Å². The van der Waals surface area contributed by atoms with Crippen LogP contribution in [0.5, 0.6) is 5.75 Å². The molecule has 0 aliphatic carbocycles. The van der Waals surface area contributed by atoms with Gasteiger partial charge in [-0.1, -0.05) is 23.7 Å². The summed E-state index contributed by atoms with van der Waals surface area (Å²) in [5, 5.41) is 8.39. The van der Waals surface area contributed by atoms with Crippen molar-refractivity contribution in [2.75, 3.05) is 32.9 Å². The Morgan fingerprint density at radius 2 is 2.08 bits per heavy atom. The molecule has 0 amide bonds. The molecule has 5 nitrogen and oxygen atoms in total. The number of aromatic nitrogens is 2. The minimum absolute atomic E-state index is 0.535. The number of benzene rings is 1. The van der Waals surface area contributed by atoms with E-state index < -0.39 is 0 Å². The van der Waals surface area contributed by atoms with Gasteiger partial charge in [-0.25, -0.2) is 0 Å². The molecule has 0 radical (unpaired) electrons. The van der Waals surface area contributed by atoms with E-state index in [1.165, 1.54) is 18.7 Å². The number of hydrogen-bond donors (Lipinski definition) is 1. The van der Waals surface area contributed by atoms with Crippen LogP contribution in [-0.4, -0.2) is 54.0 Å². The molecular weight excluding hydrogens is 350 g/mol. The standard InChI is InChI=1S/C20H26ClN3O2/c21-18-3-1-2-4-20(18)26-12-6-16-13-19(23-22-16)15-5-9-24(14-15)17-7-10-25-11-8-17/h1-4,13,15,17H,5-12,14H2,(H,22,23). The van der Waals surface area contributed by atoms with Crippen molar-refractivity contribution < 1.29 is 9.47 Å². The fourth-order valence-electron chi connectivity index (χ4n) is 3.96. The lowest BCUT2D eigenvalue weighted by Gasteiger charge is -2.30. The number of ether oxygens (including phenoxy) is 2. The number of halogens is 1. The van der Waals surface area contributed by atoms with Gasteiger partial charge in [-0.05, 0) is 44.0 Å². The molecule has 0 bridgehead atoms. The fourth-order valence-corrected chi connectivity index (χ4v) is 4.15. The van der Waals surface area contributed by atoms with Gasteiger partial charge in [0.1, 0.15) is 5.75 Å². The Morgan fingerprint density at radius 3 is 2.92 bits per heavy atom. The number of aromatic amines is 1. The lowest BCUT2D eigenvalue weighted by Crippen LogP contribution is -2.37. The van der Waals surface area contributed by atoms with Gasteiger partial charge in [-0.2, -0.15) is 5.10 Å². The van der Waals surface area contributed by atoms with E-state index in [2.05, 4.69) is 21.2 Å². The predicted molar refractivity (Wildman–Crippen MR) is 102 cm³/mol. The number of nitrogens with zero attached hydrogens (tertiary/aromatic N) is 2. The maximum atomic E-state index is 6.12. The van der Waals surface area contributed by atoms with Crippen molar-refractivity contribution >= 4 is 11.6 Å². The predicted octanol–water partition coefficient (Wildman–Crippen LogP) is 3.65. The van der Waals surface area contributed by atoms with Gasteiger partial charge in [0.2, 0.25) is 0 Å². The number of nitrogens with one attached hydrogen (secondary N) is 1. The molecule has 0 spiro atoms. The smallest absolute Gasteiger partial charge is 0.137 e. The van der Waals surface area contributed by atoms with E-state index in [0.29, 0.717) is 23.6 Å². The van der Waals surface area contributed by atoms with Gasteiger partial charge in [-0.3, -0.25) is 10.00 Å². The van der Waals surface area contributed by atoms with E-state index in [-0.39, 0.29) is 0 Å². The first-order valence-corrected chi connectivity index (χ1v) is 9.90. The molecule has 0 saturated carbocycles. The highest BCUT2D eigenvalue weighted by Gasteiger charge is 2.31. The third kappa shape index (κ3) is 4.22. The van der Waals surface area contributed by atoms with Gasteiger partial charge in [0.15, 0.2) is 0 Å². The molecule has 1 unspecified atom stereocenters. The Hall–Kier alpha value is -1.56. The molecule has 4 rings (SSSR count). The molecule has 2 saturated heterocycles. The second kappa shape index (κ2) is 8.42. The second-order valence-electron chi connectivity index (χ2n) is 7.17. The van der Waals surface area contributed by atoms with Crippen molar-refractivity contribution in [3.63, 3.8) is 0 Å². The van der Waals surface area contributed by atoms with Crippen molar-refractivity contribution in [2.24, 2.45) is 0 Å². The van der Waals surface area contributed by atoms with Crippen LogP contribution in [0.25, 0.3) is 0 Å². The maximum Gasteiger partial charge on any atom is 0.137 e. The third-order valence-electron chi connectivity index (χ3n) is 5.46. The first-order chi connectivity index (χ1) is 12.8. The van der Waals surface area contributed by atoms with Crippen molar-refractivity contribution in [3.8, 4) is 5.75 Å². The SMILES string of the molecule is Clc1ccccc1OCCc1cc(C2CCN(C3CCOCC3)C2)n[nH]1. The summed E-state index contributed by atoms with van der Waals surface area (Å²) in [5.41, 5.74) is 2.31. The lowest BCUT2D eigenvalue weighted by atomic mass is 10.0. The van der Waals surface area contributed by atoms with Crippen LogP contribution >= 0.6 is 11.6 Å². The number of rotatable bonds is 6. The van der Waals surface area contributed by atoms with Gasteiger partial charge in [0.05, 0.1) is 17.3 Å². The Labute approximate surface area is 159 Å². The summed E-state index contributed by atoms with van der Waals surface area (Å²) < 4.78 is 11.3. The molecule has 1 atom stereocenters. The van der Waals surface area contributed by atoms with Crippen molar-refractivity contribution in [3.05, 3.63) is 46.7 Å². The van der Waals surface area contributed by atoms with Gasteiger partial charge in [-0.15, -0.1) is 0 Å². The Morgan fingerprint density at radius 1 is 1.23 bits per heavy atom. The molecule has 6 heteroatoms. The average molecular weight is 376 g/mol. The van der Waals surface area contributed by atoms with Crippen LogP contribution < -0.4 is 4.74 Å². The quantitative estimate of drug-likeness (QED) is 0.837. The van der Waals surface area contributed by atoms with Gasteiger partial charge in [0, 0.05) is 43.8 Å². The fraction of sp³-hybridized carbons (Fsp3) is 0.550. The molecular formula is C20H26ClN3O2. The van der Waals surface area contributed by atoms with Crippen LogP contribution in [0.4, 0.5) is 0 Å². The summed E-state index contributed by atoms with van der Waals surface area (Å²) in [7, 11) is 0. The summed E-state index contributed by atoms with van der Waals surface area (Å²) in [4.78, 5) is 2.63. The van der Waals surface area contributed by atoms with Crippen molar-refractivity contribution in [1.29, 1.82) is 0 Å². The van der Waals surface area contributed by atoms with E-state index in [1.54, 1.807) is 0 Å². The third-order valence-corrected chi connectivity index (χ3v) is 5.77. The van der Waals surface area contributed by atoms with E-state index in [9.17, 15) is 0 Å². The molecule has 2 fully saturated rings. The van der Waals surface area contributed by atoms with Crippen LogP contribution in [-0.2, 0) is 11.2 Å². The van der Waals surface area contributed by atoms with E-state index in [0.717, 1.165) is 50.5 Å². The average Bonchev–Trinajstić information content (AvgIpc) is 3.33. The summed E-state index contributed by atoms with van der Waals surface area (Å²) >= 11 is 6.12. The zero-order valence-electron chi connectivity index (χ0n) is 15.0. The number of H-pyrrole nitrogens is 1. The zero-order valence-corrected chi connectivity index (χ0v) is 15.8. The molecule has 2 aliphatic rings. The Kier molecular flexibility index (Phi) is 5.78. The first kappa shape index (κ1) is 17.8. The Balaban J connectivity index is 1.27. The minimum Gasteiger partial charge on any atom is -0.492 e. The molecule has 140 valence electrons. The molecule has 1 N–H and O–H groups in total. The number of hydrogen-bond acceptors (Lipinski definition) is 4. The van der Waals surface area contributed by atoms with Gasteiger partial charge < -0.3 is 9.47 Å². The van der Waals surface area contributed by atoms with E-state index in [1.807, 2.05) is 24.3 Å². The van der Waals surface area contributed by atoms with Crippen molar-refractivity contribution in [2.45, 2.75) is 37.6 Å². The molecule has 3 heterocycles. The van der Waals surface area contributed by atoms with Gasteiger partial charge >= 0.3 is 0 Å². The summed E-state index contributed by atoms with van der Waals surface area (Å²) in [6.45, 7) is 4.69. The van der Waals surface area contributed by atoms with E-state index >= 15 is 0 Å². The van der Waals surface area contributed by atoms with Crippen LogP contribution in [0.2, 0.25) is 5.02 Å². The summed E-state index contributed by atoms with van der Waals surface area (Å²) in [5.74, 6) is 1.27. The lowest BCUT2D eigenvalue weighted by molar-refractivity contribution is 0.0419. The molecule has 1 aromatic heterocycles. The monoisotopic (exact) mass is 375 g/mol.